The van der Waals surface area contributed by atoms with E-state index in [9.17, 15) is 13.2 Å². The summed E-state index contributed by atoms with van der Waals surface area (Å²) in [7, 11) is -1.51. The third kappa shape index (κ3) is 3.22. The van der Waals surface area contributed by atoms with Gasteiger partial charge in [0.1, 0.15) is 11.5 Å². The molecule has 0 aromatic carbocycles. The molecular weight excluding hydrogens is 332 g/mol. The Morgan fingerprint density at radius 3 is 2.62 bits per heavy atom. The first-order chi connectivity index (χ1) is 11.3. The monoisotopic (exact) mass is 356 g/mol. The second-order valence-corrected chi connectivity index (χ2v) is 8.72. The van der Waals surface area contributed by atoms with Gasteiger partial charge >= 0.3 is 0 Å². The van der Waals surface area contributed by atoms with E-state index in [1.54, 1.807) is 31.9 Å². The number of sulfone groups is 1. The Balaban J connectivity index is 1.85. The lowest BCUT2D eigenvalue weighted by Gasteiger charge is -2.43. The maximum atomic E-state index is 12.9. The Hall–Kier alpha value is -1.38. The molecular formula is C16H24N2O5S. The Bertz CT molecular complexity index is 727. The number of methoxy groups -OCH3 is 1. The fourth-order valence-corrected chi connectivity index (χ4v) is 5.77. The summed E-state index contributed by atoms with van der Waals surface area (Å²) < 4.78 is 34.9. The number of hydrogen-bond donors (Lipinski definition) is 0. The Morgan fingerprint density at radius 1 is 1.29 bits per heavy atom. The lowest BCUT2D eigenvalue weighted by molar-refractivity contribution is 0.0246. The molecule has 0 radical (unpaired) electrons. The fraction of sp³-hybridized carbons (Fsp3) is 0.688. The van der Waals surface area contributed by atoms with Crippen LogP contribution in [0, 0.1) is 13.8 Å². The molecule has 1 amide bonds. The fourth-order valence-electron chi connectivity index (χ4n) is 3.76. The van der Waals surface area contributed by atoms with Crippen molar-refractivity contribution in [2.45, 2.75) is 25.9 Å². The molecule has 24 heavy (non-hydrogen) atoms. The van der Waals surface area contributed by atoms with Gasteiger partial charge in [-0.2, -0.15) is 0 Å². The highest BCUT2D eigenvalue weighted by molar-refractivity contribution is 7.91. The summed E-state index contributed by atoms with van der Waals surface area (Å²) in [5.74, 6) is 1.27. The summed E-state index contributed by atoms with van der Waals surface area (Å²) >= 11 is 0. The van der Waals surface area contributed by atoms with Crippen LogP contribution >= 0.6 is 0 Å². The van der Waals surface area contributed by atoms with Crippen molar-refractivity contribution in [1.82, 2.24) is 9.80 Å². The number of amides is 1. The van der Waals surface area contributed by atoms with Crippen molar-refractivity contribution in [2.75, 3.05) is 44.9 Å². The number of ether oxygens (including phenoxy) is 1. The minimum Gasteiger partial charge on any atom is -0.466 e. The molecule has 2 saturated heterocycles. The summed E-state index contributed by atoms with van der Waals surface area (Å²) in [5.41, 5.74) is 0.529. The number of aryl methyl sites for hydroxylation is 2. The zero-order valence-electron chi connectivity index (χ0n) is 14.3. The van der Waals surface area contributed by atoms with Gasteiger partial charge in [-0.3, -0.25) is 9.69 Å². The predicted octanol–water partition coefficient (Wildman–Crippen LogP) is 0.466. The van der Waals surface area contributed by atoms with Crippen LogP contribution in [0.1, 0.15) is 21.9 Å². The van der Waals surface area contributed by atoms with Gasteiger partial charge in [0.2, 0.25) is 0 Å². The van der Waals surface area contributed by atoms with E-state index >= 15 is 0 Å². The van der Waals surface area contributed by atoms with Gasteiger partial charge in [-0.15, -0.1) is 0 Å². The van der Waals surface area contributed by atoms with Crippen molar-refractivity contribution in [3.05, 3.63) is 23.2 Å². The molecule has 2 aliphatic rings. The first-order valence-electron chi connectivity index (χ1n) is 8.14. The Morgan fingerprint density at radius 2 is 2.00 bits per heavy atom. The first kappa shape index (κ1) is 17.4. The average molecular weight is 356 g/mol. The minimum atomic E-state index is -3.14. The molecule has 0 spiro atoms. The molecule has 0 unspecified atom stereocenters. The molecule has 0 aliphatic carbocycles. The molecule has 2 atom stereocenters. The smallest absolute Gasteiger partial charge is 0.257 e. The highest BCUT2D eigenvalue weighted by atomic mass is 32.2. The number of hydrogen-bond acceptors (Lipinski definition) is 6. The van der Waals surface area contributed by atoms with E-state index in [0.717, 1.165) is 0 Å². The van der Waals surface area contributed by atoms with Crippen LogP contribution in [0.15, 0.2) is 10.5 Å². The average Bonchev–Trinajstić information content (AvgIpc) is 3.01. The van der Waals surface area contributed by atoms with Gasteiger partial charge in [0, 0.05) is 32.8 Å². The van der Waals surface area contributed by atoms with Crippen LogP contribution in [0.4, 0.5) is 0 Å². The number of rotatable bonds is 4. The van der Waals surface area contributed by atoms with Gasteiger partial charge < -0.3 is 14.1 Å². The van der Waals surface area contributed by atoms with Crippen molar-refractivity contribution in [1.29, 1.82) is 0 Å². The van der Waals surface area contributed by atoms with Crippen LogP contribution in [-0.4, -0.2) is 81.1 Å². The summed E-state index contributed by atoms with van der Waals surface area (Å²) in [6, 6.07) is 1.27. The topological polar surface area (TPSA) is 80.1 Å². The van der Waals surface area contributed by atoms with Crippen LogP contribution in [-0.2, 0) is 14.6 Å². The second-order valence-electron chi connectivity index (χ2n) is 6.57. The molecule has 3 heterocycles. The molecule has 0 N–H and O–H groups in total. The highest BCUT2D eigenvalue weighted by Crippen LogP contribution is 2.29. The van der Waals surface area contributed by atoms with Crippen molar-refractivity contribution >= 4 is 15.7 Å². The van der Waals surface area contributed by atoms with E-state index < -0.39 is 9.84 Å². The van der Waals surface area contributed by atoms with Crippen LogP contribution in [0.2, 0.25) is 0 Å². The number of nitrogens with zero attached hydrogens (tertiary/aromatic N) is 2. The summed E-state index contributed by atoms with van der Waals surface area (Å²) in [5, 5.41) is 0. The van der Waals surface area contributed by atoms with Crippen molar-refractivity contribution in [3.63, 3.8) is 0 Å². The zero-order chi connectivity index (χ0) is 17.5. The summed E-state index contributed by atoms with van der Waals surface area (Å²) in [6.07, 6.45) is 0. The highest BCUT2D eigenvalue weighted by Gasteiger charge is 2.48. The SMILES string of the molecule is COCCN1CCN(C(=O)c2cc(C)oc2C)[C@H]2CS(=O)(=O)C[C@H]21. The van der Waals surface area contributed by atoms with Crippen molar-refractivity contribution in [3.8, 4) is 0 Å². The van der Waals surface area contributed by atoms with Gasteiger partial charge in [0.25, 0.3) is 5.91 Å². The molecule has 1 aromatic heterocycles. The molecule has 0 bridgehead atoms. The number of fused-ring (bicyclic) bond motifs is 1. The largest absolute Gasteiger partial charge is 0.466 e. The molecule has 1 aromatic rings. The van der Waals surface area contributed by atoms with Crippen LogP contribution < -0.4 is 0 Å². The number of carbonyl (C=O) groups is 1. The molecule has 2 fully saturated rings. The van der Waals surface area contributed by atoms with Crippen molar-refractivity contribution < 1.29 is 22.4 Å². The lowest BCUT2D eigenvalue weighted by Crippen LogP contribution is -2.61. The van der Waals surface area contributed by atoms with Gasteiger partial charge in [-0.05, 0) is 19.9 Å². The third-order valence-corrected chi connectivity index (χ3v) is 6.60. The van der Waals surface area contributed by atoms with E-state index in [-0.39, 0.29) is 29.5 Å². The van der Waals surface area contributed by atoms with Crippen LogP contribution in [0.5, 0.6) is 0 Å². The third-order valence-electron chi connectivity index (χ3n) is 4.91. The zero-order valence-corrected chi connectivity index (χ0v) is 15.1. The number of furan rings is 1. The normalized spacial score (nSPS) is 26.5. The van der Waals surface area contributed by atoms with Gasteiger partial charge in [-0.1, -0.05) is 0 Å². The van der Waals surface area contributed by atoms with E-state index in [1.165, 1.54) is 0 Å². The number of piperazine rings is 1. The maximum absolute atomic E-state index is 12.9. The van der Waals surface area contributed by atoms with E-state index in [0.29, 0.717) is 43.3 Å². The van der Waals surface area contributed by atoms with Crippen LogP contribution in [0.3, 0.4) is 0 Å². The summed E-state index contributed by atoms with van der Waals surface area (Å²) in [4.78, 5) is 16.8. The second kappa shape index (κ2) is 6.50. The number of carbonyl (C=O) groups excluding carboxylic acids is 1. The van der Waals surface area contributed by atoms with Gasteiger partial charge in [-0.25, -0.2) is 8.42 Å². The molecule has 2 aliphatic heterocycles. The summed E-state index contributed by atoms with van der Waals surface area (Å²) in [6.45, 7) is 5.97. The van der Waals surface area contributed by atoms with E-state index in [2.05, 4.69) is 4.90 Å². The maximum Gasteiger partial charge on any atom is 0.257 e. The minimum absolute atomic E-state index is 0.0305. The lowest BCUT2D eigenvalue weighted by atomic mass is 10.0. The first-order valence-corrected chi connectivity index (χ1v) is 9.96. The van der Waals surface area contributed by atoms with Crippen LogP contribution in [0.25, 0.3) is 0 Å². The molecule has 134 valence electrons. The molecule has 8 heteroatoms. The standard InChI is InChI=1S/C16H24N2O5S/c1-11-8-13(12(2)23-11)16(19)18-5-4-17(6-7-22-3)14-9-24(20,21)10-15(14)18/h8,14-15H,4-7,9-10H2,1-3H3/t14-,15+/m1/s1. The Kier molecular flexibility index (Phi) is 4.72. The van der Waals surface area contributed by atoms with E-state index in [4.69, 9.17) is 9.15 Å². The van der Waals surface area contributed by atoms with Gasteiger partial charge in [0.05, 0.1) is 29.7 Å². The van der Waals surface area contributed by atoms with Gasteiger partial charge in [0.15, 0.2) is 9.84 Å². The predicted molar refractivity (Wildman–Crippen MR) is 88.9 cm³/mol. The van der Waals surface area contributed by atoms with E-state index in [1.807, 2.05) is 0 Å². The molecule has 7 nitrogen and oxygen atoms in total. The molecule has 3 rings (SSSR count). The van der Waals surface area contributed by atoms with Crippen molar-refractivity contribution in [2.24, 2.45) is 0 Å². The quantitative estimate of drug-likeness (QED) is 0.780. The Labute approximate surface area is 142 Å². The molecule has 0 saturated carbocycles.